The SMILES string of the molecule is COC(=O)c1ccc(NC2CCc3ncnn3C2)nn1. The van der Waals surface area contributed by atoms with Gasteiger partial charge in [0.1, 0.15) is 18.0 Å². The van der Waals surface area contributed by atoms with E-state index in [1.165, 1.54) is 7.11 Å². The Morgan fingerprint density at radius 1 is 1.45 bits per heavy atom. The Morgan fingerprint density at radius 2 is 2.35 bits per heavy atom. The third-order valence-electron chi connectivity index (χ3n) is 3.22. The minimum atomic E-state index is -0.492. The summed E-state index contributed by atoms with van der Waals surface area (Å²) in [6.45, 7) is 0.746. The lowest BCUT2D eigenvalue weighted by molar-refractivity contribution is 0.0593. The topological polar surface area (TPSA) is 94.8 Å². The molecule has 0 amide bonds. The molecule has 8 nitrogen and oxygen atoms in total. The number of nitrogens with zero attached hydrogens (tertiary/aromatic N) is 5. The molecule has 1 atom stereocenters. The predicted molar refractivity (Wildman–Crippen MR) is 69.1 cm³/mol. The minimum absolute atomic E-state index is 0.195. The maximum atomic E-state index is 11.3. The first-order chi connectivity index (χ1) is 9.76. The number of hydrogen-bond acceptors (Lipinski definition) is 7. The van der Waals surface area contributed by atoms with Crippen molar-refractivity contribution in [1.82, 2.24) is 25.0 Å². The molecule has 1 unspecified atom stereocenters. The quantitative estimate of drug-likeness (QED) is 0.803. The molecule has 2 aromatic heterocycles. The van der Waals surface area contributed by atoms with Crippen LogP contribution >= 0.6 is 0 Å². The van der Waals surface area contributed by atoms with Gasteiger partial charge in [-0.2, -0.15) is 5.10 Å². The van der Waals surface area contributed by atoms with Gasteiger partial charge in [-0.05, 0) is 18.6 Å². The highest BCUT2D eigenvalue weighted by atomic mass is 16.5. The Hall–Kier alpha value is -2.51. The fourth-order valence-corrected chi connectivity index (χ4v) is 2.19. The molecule has 2 aromatic rings. The molecule has 3 heterocycles. The van der Waals surface area contributed by atoms with Gasteiger partial charge < -0.3 is 10.1 Å². The van der Waals surface area contributed by atoms with Crippen LogP contribution in [0.4, 0.5) is 5.82 Å². The van der Waals surface area contributed by atoms with Crippen LogP contribution < -0.4 is 5.32 Å². The summed E-state index contributed by atoms with van der Waals surface area (Å²) < 4.78 is 6.46. The average Bonchev–Trinajstić information content (AvgIpc) is 2.95. The third kappa shape index (κ3) is 2.44. The van der Waals surface area contributed by atoms with Crippen LogP contribution in [0.2, 0.25) is 0 Å². The van der Waals surface area contributed by atoms with Crippen molar-refractivity contribution in [3.8, 4) is 0 Å². The van der Waals surface area contributed by atoms with Crippen molar-refractivity contribution >= 4 is 11.8 Å². The molecule has 0 spiro atoms. The molecule has 8 heteroatoms. The maximum absolute atomic E-state index is 11.3. The molecule has 0 saturated heterocycles. The van der Waals surface area contributed by atoms with E-state index < -0.39 is 5.97 Å². The summed E-state index contributed by atoms with van der Waals surface area (Å²) >= 11 is 0. The summed E-state index contributed by atoms with van der Waals surface area (Å²) in [5, 5.41) is 15.3. The average molecular weight is 274 g/mol. The number of rotatable bonds is 3. The van der Waals surface area contributed by atoms with Gasteiger partial charge in [-0.1, -0.05) is 0 Å². The number of esters is 1. The second-order valence-corrected chi connectivity index (χ2v) is 4.53. The summed E-state index contributed by atoms with van der Waals surface area (Å²) in [7, 11) is 1.31. The Labute approximate surface area is 115 Å². The highest BCUT2D eigenvalue weighted by Gasteiger charge is 2.20. The first-order valence-electron chi connectivity index (χ1n) is 6.31. The molecule has 0 bridgehead atoms. The molecule has 1 N–H and O–H groups in total. The van der Waals surface area contributed by atoms with Gasteiger partial charge in [0.15, 0.2) is 5.69 Å². The van der Waals surface area contributed by atoms with Crippen LogP contribution in [0, 0.1) is 0 Å². The number of methoxy groups -OCH3 is 1. The predicted octanol–water partition coefficient (Wildman–Crippen LogP) is 0.282. The normalized spacial score (nSPS) is 17.4. The second-order valence-electron chi connectivity index (χ2n) is 4.53. The number of anilines is 1. The van der Waals surface area contributed by atoms with Gasteiger partial charge in [-0.3, -0.25) is 0 Å². The number of aryl methyl sites for hydroxylation is 1. The highest BCUT2D eigenvalue weighted by Crippen LogP contribution is 2.15. The third-order valence-corrected chi connectivity index (χ3v) is 3.22. The largest absolute Gasteiger partial charge is 0.464 e. The fraction of sp³-hybridized carbons (Fsp3) is 0.417. The van der Waals surface area contributed by atoms with Crippen molar-refractivity contribution in [3.05, 3.63) is 30.0 Å². The molecule has 104 valence electrons. The smallest absolute Gasteiger partial charge is 0.358 e. The molecule has 1 aliphatic rings. The fourth-order valence-electron chi connectivity index (χ4n) is 2.19. The number of aromatic nitrogens is 5. The van der Waals surface area contributed by atoms with Gasteiger partial charge in [-0.15, -0.1) is 10.2 Å². The molecule has 20 heavy (non-hydrogen) atoms. The van der Waals surface area contributed by atoms with Gasteiger partial charge in [0.2, 0.25) is 0 Å². The van der Waals surface area contributed by atoms with Gasteiger partial charge in [-0.25, -0.2) is 14.5 Å². The molecular weight excluding hydrogens is 260 g/mol. The maximum Gasteiger partial charge on any atom is 0.358 e. The van der Waals surface area contributed by atoms with E-state index in [0.29, 0.717) is 5.82 Å². The zero-order chi connectivity index (χ0) is 13.9. The van der Waals surface area contributed by atoms with Crippen LogP contribution in [0.25, 0.3) is 0 Å². The van der Waals surface area contributed by atoms with Crippen LogP contribution in [-0.4, -0.2) is 44.1 Å². The molecule has 0 aliphatic carbocycles. The van der Waals surface area contributed by atoms with Crippen molar-refractivity contribution < 1.29 is 9.53 Å². The lowest BCUT2D eigenvalue weighted by Crippen LogP contribution is -2.32. The van der Waals surface area contributed by atoms with Crippen molar-refractivity contribution in [2.45, 2.75) is 25.4 Å². The van der Waals surface area contributed by atoms with E-state index in [0.717, 1.165) is 25.2 Å². The molecule has 3 rings (SSSR count). The molecule has 0 radical (unpaired) electrons. The molecule has 0 aromatic carbocycles. The first-order valence-corrected chi connectivity index (χ1v) is 6.31. The van der Waals surface area contributed by atoms with Gasteiger partial charge in [0, 0.05) is 12.5 Å². The Morgan fingerprint density at radius 3 is 3.10 bits per heavy atom. The second kappa shape index (κ2) is 5.24. The number of nitrogens with one attached hydrogen (secondary N) is 1. The van der Waals surface area contributed by atoms with Crippen LogP contribution in [-0.2, 0) is 17.7 Å². The summed E-state index contributed by atoms with van der Waals surface area (Å²) in [5.41, 5.74) is 0.195. The molecular formula is C12H14N6O2. The number of carbonyl (C=O) groups is 1. The first kappa shape index (κ1) is 12.5. The number of hydrogen-bond donors (Lipinski definition) is 1. The van der Waals surface area contributed by atoms with Gasteiger partial charge in [0.25, 0.3) is 0 Å². The Bertz CT molecular complexity index is 609. The van der Waals surface area contributed by atoms with Gasteiger partial charge in [0.05, 0.1) is 13.7 Å². The van der Waals surface area contributed by atoms with Crippen molar-refractivity contribution in [2.75, 3.05) is 12.4 Å². The summed E-state index contributed by atoms with van der Waals surface area (Å²) in [6, 6.07) is 3.53. The van der Waals surface area contributed by atoms with E-state index in [1.807, 2.05) is 4.68 Å². The Balaban J connectivity index is 1.65. The van der Waals surface area contributed by atoms with E-state index in [4.69, 9.17) is 0 Å². The lowest BCUT2D eigenvalue weighted by atomic mass is 10.1. The van der Waals surface area contributed by atoms with Crippen molar-refractivity contribution in [1.29, 1.82) is 0 Å². The van der Waals surface area contributed by atoms with E-state index in [2.05, 4.69) is 30.3 Å². The van der Waals surface area contributed by atoms with Crippen LogP contribution in [0.3, 0.4) is 0 Å². The number of ether oxygens (including phenoxy) is 1. The molecule has 0 saturated carbocycles. The lowest BCUT2D eigenvalue weighted by Gasteiger charge is -2.23. The van der Waals surface area contributed by atoms with Crippen molar-refractivity contribution in [3.63, 3.8) is 0 Å². The van der Waals surface area contributed by atoms with E-state index in [-0.39, 0.29) is 11.7 Å². The summed E-state index contributed by atoms with van der Waals surface area (Å²) in [4.78, 5) is 15.4. The highest BCUT2D eigenvalue weighted by molar-refractivity contribution is 5.86. The minimum Gasteiger partial charge on any atom is -0.464 e. The van der Waals surface area contributed by atoms with Gasteiger partial charge >= 0.3 is 5.97 Å². The Kier molecular flexibility index (Phi) is 3.28. The van der Waals surface area contributed by atoms with Crippen LogP contribution in [0.1, 0.15) is 22.7 Å². The number of carbonyl (C=O) groups excluding carboxylic acids is 1. The zero-order valence-corrected chi connectivity index (χ0v) is 11.0. The number of fused-ring (bicyclic) bond motifs is 1. The molecule has 0 fully saturated rings. The van der Waals surface area contributed by atoms with E-state index >= 15 is 0 Å². The van der Waals surface area contributed by atoms with Crippen LogP contribution in [0.15, 0.2) is 18.5 Å². The summed E-state index contributed by atoms with van der Waals surface area (Å²) in [5.74, 6) is 1.15. The monoisotopic (exact) mass is 274 g/mol. The van der Waals surface area contributed by atoms with Crippen LogP contribution in [0.5, 0.6) is 0 Å². The van der Waals surface area contributed by atoms with E-state index in [9.17, 15) is 4.79 Å². The standard InChI is InChI=1S/C12H14N6O2/c1-20-12(19)9-3-4-10(17-16-9)15-8-2-5-11-13-7-14-18(11)6-8/h3-4,7-8H,2,5-6H2,1H3,(H,15,17). The summed E-state index contributed by atoms with van der Waals surface area (Å²) in [6.07, 6.45) is 3.41. The zero-order valence-electron chi connectivity index (χ0n) is 11.0. The molecule has 1 aliphatic heterocycles. The van der Waals surface area contributed by atoms with Crippen molar-refractivity contribution in [2.24, 2.45) is 0 Å². The van der Waals surface area contributed by atoms with E-state index in [1.54, 1.807) is 18.5 Å².